The molecule has 2 rings (SSSR count). The van der Waals surface area contributed by atoms with Crippen LogP contribution in [0.25, 0.3) is 0 Å². The molecule has 17 heavy (non-hydrogen) atoms. The van der Waals surface area contributed by atoms with E-state index in [1.807, 2.05) is 0 Å². The van der Waals surface area contributed by atoms with Crippen LogP contribution in [-0.2, 0) is 6.42 Å². The Morgan fingerprint density at radius 3 is 2.94 bits per heavy atom. The molecule has 0 amide bonds. The minimum Gasteiger partial charge on any atom is -0.508 e. The molecule has 4 heteroatoms. The van der Waals surface area contributed by atoms with Gasteiger partial charge in [0.1, 0.15) is 11.5 Å². The molecule has 1 atom stereocenters. The summed E-state index contributed by atoms with van der Waals surface area (Å²) in [5.74, 6) is 1.11. The van der Waals surface area contributed by atoms with E-state index in [-0.39, 0.29) is 24.2 Å². The van der Waals surface area contributed by atoms with Gasteiger partial charge in [-0.3, -0.25) is 0 Å². The van der Waals surface area contributed by atoms with Crippen LogP contribution in [0.5, 0.6) is 11.5 Å². The fraction of sp³-hybridized carbons (Fsp3) is 0.385. The Hall–Kier alpha value is -1.19. The van der Waals surface area contributed by atoms with Crippen molar-refractivity contribution in [3.8, 4) is 11.5 Å². The average Bonchev–Trinajstić information content (AvgIpc) is 2.28. The summed E-state index contributed by atoms with van der Waals surface area (Å²) in [5, 5.41) is 9.40. The Bertz CT molecular complexity index is 418. The molecule has 1 unspecified atom stereocenters. The van der Waals surface area contributed by atoms with Crippen molar-refractivity contribution in [1.82, 2.24) is 0 Å². The van der Waals surface area contributed by atoms with Gasteiger partial charge in [0, 0.05) is 18.0 Å². The molecule has 0 radical (unpaired) electrons. The molecular weight excluding hydrogens is 238 g/mol. The second kappa shape index (κ2) is 5.94. The second-order valence-electron chi connectivity index (χ2n) is 4.24. The van der Waals surface area contributed by atoms with Crippen LogP contribution in [0.4, 0.5) is 0 Å². The number of ether oxygens (including phenoxy) is 1. The van der Waals surface area contributed by atoms with E-state index in [0.29, 0.717) is 0 Å². The molecular formula is C13H18ClNO2. The average molecular weight is 256 g/mol. The third-order valence-electron chi connectivity index (χ3n) is 2.86. The molecule has 1 aliphatic heterocycles. The molecule has 0 fully saturated rings. The Balaban J connectivity index is 0.00000144. The van der Waals surface area contributed by atoms with Gasteiger partial charge in [0.05, 0.1) is 6.26 Å². The van der Waals surface area contributed by atoms with Gasteiger partial charge in [0.15, 0.2) is 0 Å². The summed E-state index contributed by atoms with van der Waals surface area (Å²) < 4.78 is 5.51. The number of fused-ring (bicyclic) bond motifs is 1. The lowest BCUT2D eigenvalue weighted by molar-refractivity contribution is 0.440. The predicted octanol–water partition coefficient (Wildman–Crippen LogP) is 2.76. The van der Waals surface area contributed by atoms with Gasteiger partial charge in [0.2, 0.25) is 0 Å². The van der Waals surface area contributed by atoms with E-state index in [0.717, 1.165) is 30.6 Å². The molecule has 0 saturated heterocycles. The van der Waals surface area contributed by atoms with Crippen LogP contribution in [0, 0.1) is 0 Å². The lowest BCUT2D eigenvalue weighted by atomic mass is 9.97. The number of benzene rings is 1. The van der Waals surface area contributed by atoms with Crippen molar-refractivity contribution in [2.45, 2.75) is 32.2 Å². The molecule has 0 aromatic heterocycles. The highest BCUT2D eigenvalue weighted by Gasteiger charge is 2.14. The third-order valence-corrected chi connectivity index (χ3v) is 2.86. The lowest BCUT2D eigenvalue weighted by Crippen LogP contribution is -2.20. The van der Waals surface area contributed by atoms with E-state index in [9.17, 15) is 5.11 Å². The summed E-state index contributed by atoms with van der Waals surface area (Å²) in [7, 11) is 0. The van der Waals surface area contributed by atoms with Gasteiger partial charge in [0.25, 0.3) is 0 Å². The summed E-state index contributed by atoms with van der Waals surface area (Å²) in [4.78, 5) is 0. The molecule has 0 spiro atoms. The Morgan fingerprint density at radius 1 is 1.47 bits per heavy atom. The van der Waals surface area contributed by atoms with Gasteiger partial charge in [-0.15, -0.1) is 12.4 Å². The van der Waals surface area contributed by atoms with Crippen LogP contribution in [0.2, 0.25) is 0 Å². The first kappa shape index (κ1) is 13.9. The highest BCUT2D eigenvalue weighted by atomic mass is 35.5. The quantitative estimate of drug-likeness (QED) is 0.873. The summed E-state index contributed by atoms with van der Waals surface area (Å²) in [6.45, 7) is 2.08. The molecule has 0 aliphatic carbocycles. The van der Waals surface area contributed by atoms with Gasteiger partial charge < -0.3 is 15.6 Å². The zero-order valence-electron chi connectivity index (χ0n) is 9.85. The van der Waals surface area contributed by atoms with Crippen molar-refractivity contribution >= 4 is 12.4 Å². The Morgan fingerprint density at radius 2 is 2.24 bits per heavy atom. The lowest BCUT2D eigenvalue weighted by Gasteiger charge is -2.19. The largest absolute Gasteiger partial charge is 0.508 e. The van der Waals surface area contributed by atoms with Crippen LogP contribution in [0.15, 0.2) is 30.0 Å². The first-order valence-electron chi connectivity index (χ1n) is 5.61. The molecule has 3 N–H and O–H groups in total. The van der Waals surface area contributed by atoms with Gasteiger partial charge in [-0.2, -0.15) is 0 Å². The zero-order chi connectivity index (χ0) is 11.5. The minimum absolute atomic E-state index is 0. The number of halogens is 1. The van der Waals surface area contributed by atoms with Crippen molar-refractivity contribution in [2.75, 3.05) is 0 Å². The maximum atomic E-state index is 9.40. The highest BCUT2D eigenvalue weighted by Crippen LogP contribution is 2.30. The van der Waals surface area contributed by atoms with Crippen LogP contribution >= 0.6 is 12.4 Å². The fourth-order valence-corrected chi connectivity index (χ4v) is 1.85. The first-order valence-corrected chi connectivity index (χ1v) is 5.61. The molecule has 1 aromatic carbocycles. The van der Waals surface area contributed by atoms with Crippen molar-refractivity contribution in [2.24, 2.45) is 5.73 Å². The van der Waals surface area contributed by atoms with Gasteiger partial charge in [-0.1, -0.05) is 6.92 Å². The molecule has 0 bridgehead atoms. The normalized spacial score (nSPS) is 15.1. The summed E-state index contributed by atoms with van der Waals surface area (Å²) in [6.07, 6.45) is 4.42. The Labute approximate surface area is 108 Å². The van der Waals surface area contributed by atoms with E-state index >= 15 is 0 Å². The van der Waals surface area contributed by atoms with Gasteiger partial charge >= 0.3 is 0 Å². The third kappa shape index (κ3) is 3.38. The maximum Gasteiger partial charge on any atom is 0.130 e. The van der Waals surface area contributed by atoms with E-state index in [4.69, 9.17) is 10.5 Å². The van der Waals surface area contributed by atoms with E-state index in [1.54, 1.807) is 24.5 Å². The monoisotopic (exact) mass is 255 g/mol. The van der Waals surface area contributed by atoms with E-state index in [2.05, 4.69) is 6.92 Å². The molecule has 1 heterocycles. The number of nitrogens with two attached hydrogens (primary N) is 1. The minimum atomic E-state index is 0. The zero-order valence-corrected chi connectivity index (χ0v) is 10.7. The number of phenolic OH excluding ortho intramolecular Hbond substituents is 1. The summed E-state index contributed by atoms with van der Waals surface area (Å²) in [5.41, 5.74) is 8.12. The van der Waals surface area contributed by atoms with E-state index in [1.165, 1.54) is 5.57 Å². The first-order chi connectivity index (χ1) is 7.69. The van der Waals surface area contributed by atoms with Crippen molar-refractivity contribution in [3.05, 3.63) is 35.6 Å². The number of phenols is 1. The number of aromatic hydroxyl groups is 1. The summed E-state index contributed by atoms with van der Waals surface area (Å²) >= 11 is 0. The van der Waals surface area contributed by atoms with Crippen LogP contribution in [0.1, 0.15) is 25.3 Å². The van der Waals surface area contributed by atoms with Crippen LogP contribution < -0.4 is 10.5 Å². The topological polar surface area (TPSA) is 55.5 Å². The smallest absolute Gasteiger partial charge is 0.130 e. The standard InChI is InChI=1S/C13H17NO2.ClH/c1-2-11(14)6-9-5-10-7-12(15)3-4-13(10)16-8-9;/h3-4,7-8,11,15H,2,5-6,14H2,1H3;1H. The van der Waals surface area contributed by atoms with Crippen LogP contribution in [0.3, 0.4) is 0 Å². The SMILES string of the molecule is CCC(N)CC1=COc2ccc(O)cc2C1.Cl. The second-order valence-corrected chi connectivity index (χ2v) is 4.24. The molecule has 0 saturated carbocycles. The fourth-order valence-electron chi connectivity index (χ4n) is 1.85. The van der Waals surface area contributed by atoms with Crippen molar-refractivity contribution in [3.63, 3.8) is 0 Å². The Kier molecular flexibility index (Phi) is 4.85. The maximum absolute atomic E-state index is 9.40. The summed E-state index contributed by atoms with van der Waals surface area (Å²) in [6, 6.07) is 5.36. The van der Waals surface area contributed by atoms with Crippen molar-refractivity contribution < 1.29 is 9.84 Å². The molecule has 1 aliphatic rings. The molecule has 94 valence electrons. The van der Waals surface area contributed by atoms with E-state index < -0.39 is 0 Å². The number of hydrogen-bond donors (Lipinski definition) is 2. The van der Waals surface area contributed by atoms with Gasteiger partial charge in [-0.25, -0.2) is 0 Å². The molecule has 3 nitrogen and oxygen atoms in total. The highest BCUT2D eigenvalue weighted by molar-refractivity contribution is 5.85. The predicted molar refractivity (Wildman–Crippen MR) is 70.7 cm³/mol. The molecule has 1 aromatic rings. The number of hydrogen-bond acceptors (Lipinski definition) is 3. The van der Waals surface area contributed by atoms with Crippen molar-refractivity contribution in [1.29, 1.82) is 0 Å². The van der Waals surface area contributed by atoms with Crippen LogP contribution in [-0.4, -0.2) is 11.1 Å². The van der Waals surface area contributed by atoms with Gasteiger partial charge in [-0.05, 0) is 36.6 Å². The number of rotatable bonds is 3.